The summed E-state index contributed by atoms with van der Waals surface area (Å²) in [4.78, 5) is 4.18. The van der Waals surface area contributed by atoms with E-state index in [-0.39, 0.29) is 5.82 Å². The normalized spacial score (nSPS) is 22.4. The van der Waals surface area contributed by atoms with Gasteiger partial charge in [-0.05, 0) is 36.6 Å². The zero-order chi connectivity index (χ0) is 27.2. The summed E-state index contributed by atoms with van der Waals surface area (Å²) in [5.74, 6) is -5.46. The van der Waals surface area contributed by atoms with Crippen LogP contribution in [0.5, 0.6) is 0 Å². The number of nitrogens with one attached hydrogen (secondary N) is 1. The van der Waals surface area contributed by atoms with Crippen molar-refractivity contribution in [3.63, 3.8) is 0 Å². The molecular weight excluding hydrogens is 514 g/mol. The third-order valence-corrected chi connectivity index (χ3v) is 8.31. The van der Waals surface area contributed by atoms with Crippen molar-refractivity contribution >= 4 is 11.3 Å². The van der Waals surface area contributed by atoms with E-state index in [1.165, 1.54) is 6.33 Å². The number of aromatic nitrogens is 5. The van der Waals surface area contributed by atoms with Crippen molar-refractivity contribution < 1.29 is 22.7 Å². The zero-order valence-electron chi connectivity index (χ0n) is 20.9. The fourth-order valence-electron chi connectivity index (χ4n) is 6.18. The number of anilines is 1. The van der Waals surface area contributed by atoms with Crippen LogP contribution in [0, 0.1) is 0 Å². The number of nitrogens with zero attached hydrogens (tertiary/aromatic N) is 5. The van der Waals surface area contributed by atoms with Gasteiger partial charge in [-0.25, -0.2) is 27.1 Å². The van der Waals surface area contributed by atoms with Gasteiger partial charge in [0.15, 0.2) is 5.82 Å². The van der Waals surface area contributed by atoms with Crippen LogP contribution in [0.15, 0.2) is 48.9 Å². The number of aliphatic hydroxyl groups is 1. The monoisotopic (exact) mass is 541 g/mol. The van der Waals surface area contributed by atoms with Gasteiger partial charge >= 0.3 is 0 Å². The fraction of sp³-hybridized carbons (Fsp3) is 0.444. The minimum absolute atomic E-state index is 0.290. The number of alkyl halides is 4. The van der Waals surface area contributed by atoms with Crippen molar-refractivity contribution in [3.8, 4) is 22.5 Å². The first-order valence-electron chi connectivity index (χ1n) is 13.0. The summed E-state index contributed by atoms with van der Waals surface area (Å²) >= 11 is 0. The molecule has 0 spiro atoms. The Hall–Kier alpha value is -3.51. The number of fused-ring (bicyclic) bond motifs is 1. The molecule has 1 aromatic carbocycles. The van der Waals surface area contributed by atoms with Gasteiger partial charge in [0.25, 0.3) is 5.92 Å². The topological polar surface area (TPSA) is 106 Å². The average molecular weight is 542 g/mol. The van der Waals surface area contributed by atoms with E-state index in [1.54, 1.807) is 28.9 Å². The van der Waals surface area contributed by atoms with Gasteiger partial charge in [0, 0.05) is 54.5 Å². The molecule has 3 saturated carbocycles. The SMILES string of the molecule is Nc1ncnn2c(-c3cccc(C4(C(O)NC5CC(F)(F)C5)CC(F)(F)C4)c3)cc(-c3ccnn3C3CC3)c12. The highest BCUT2D eigenvalue weighted by Gasteiger charge is 2.61. The van der Waals surface area contributed by atoms with E-state index in [2.05, 4.69) is 20.5 Å². The minimum Gasteiger partial charge on any atom is -0.382 e. The second-order valence-electron chi connectivity index (χ2n) is 11.2. The van der Waals surface area contributed by atoms with Gasteiger partial charge < -0.3 is 10.8 Å². The van der Waals surface area contributed by atoms with E-state index in [0.29, 0.717) is 28.4 Å². The molecule has 204 valence electrons. The molecule has 4 N–H and O–H groups in total. The van der Waals surface area contributed by atoms with E-state index >= 15 is 0 Å². The lowest BCUT2D eigenvalue weighted by Gasteiger charge is -2.52. The summed E-state index contributed by atoms with van der Waals surface area (Å²) in [6, 6.07) is 10.6. The van der Waals surface area contributed by atoms with Crippen LogP contribution >= 0.6 is 0 Å². The van der Waals surface area contributed by atoms with Crippen molar-refractivity contribution in [1.29, 1.82) is 0 Å². The Morgan fingerprint density at radius 1 is 1.00 bits per heavy atom. The number of nitrogen functional groups attached to an aromatic ring is 1. The second kappa shape index (κ2) is 8.25. The van der Waals surface area contributed by atoms with E-state index < -0.39 is 55.2 Å². The Kier molecular flexibility index (Phi) is 5.19. The molecule has 0 aliphatic heterocycles. The molecule has 4 aromatic rings. The molecule has 1 atom stereocenters. The van der Waals surface area contributed by atoms with Crippen molar-refractivity contribution in [1.82, 2.24) is 29.7 Å². The van der Waals surface area contributed by atoms with E-state index in [4.69, 9.17) is 5.73 Å². The summed E-state index contributed by atoms with van der Waals surface area (Å²) in [6.45, 7) is 0. The summed E-state index contributed by atoms with van der Waals surface area (Å²) < 4.78 is 59.0. The highest BCUT2D eigenvalue weighted by molar-refractivity contribution is 5.91. The van der Waals surface area contributed by atoms with Crippen molar-refractivity contribution in [2.45, 2.75) is 74.1 Å². The number of aliphatic hydroxyl groups excluding tert-OH is 1. The molecule has 12 heteroatoms. The summed E-state index contributed by atoms with van der Waals surface area (Å²) in [5.41, 5.74) is 9.12. The van der Waals surface area contributed by atoms with Crippen molar-refractivity contribution in [2.75, 3.05) is 5.73 Å². The third-order valence-electron chi connectivity index (χ3n) is 8.31. The van der Waals surface area contributed by atoms with Crippen LogP contribution in [0.25, 0.3) is 28.0 Å². The number of hydrogen-bond donors (Lipinski definition) is 3. The molecule has 3 aliphatic carbocycles. The summed E-state index contributed by atoms with van der Waals surface area (Å²) in [7, 11) is 0. The van der Waals surface area contributed by atoms with Crippen LogP contribution in [0.4, 0.5) is 23.4 Å². The average Bonchev–Trinajstić information content (AvgIpc) is 3.44. The zero-order valence-corrected chi connectivity index (χ0v) is 20.9. The molecule has 0 radical (unpaired) electrons. The molecule has 3 heterocycles. The smallest absolute Gasteiger partial charge is 0.251 e. The number of halogens is 4. The van der Waals surface area contributed by atoms with Gasteiger partial charge in [-0.1, -0.05) is 18.2 Å². The van der Waals surface area contributed by atoms with Gasteiger partial charge in [-0.3, -0.25) is 10.00 Å². The first kappa shape index (κ1) is 24.5. The Labute approximate surface area is 220 Å². The lowest BCUT2D eigenvalue weighted by atomic mass is 9.60. The number of nitrogens with two attached hydrogens (primary N) is 1. The molecule has 0 saturated heterocycles. The number of hydrogen-bond acceptors (Lipinski definition) is 6. The molecule has 3 aliphatic rings. The maximum atomic E-state index is 14.3. The number of rotatable bonds is 7. The highest BCUT2D eigenvalue weighted by atomic mass is 19.3. The van der Waals surface area contributed by atoms with Crippen LogP contribution < -0.4 is 11.1 Å². The maximum absolute atomic E-state index is 14.3. The van der Waals surface area contributed by atoms with E-state index in [0.717, 1.165) is 24.1 Å². The van der Waals surface area contributed by atoms with E-state index in [9.17, 15) is 22.7 Å². The van der Waals surface area contributed by atoms with E-state index in [1.807, 2.05) is 22.9 Å². The third kappa shape index (κ3) is 3.99. The summed E-state index contributed by atoms with van der Waals surface area (Å²) in [6.07, 6.45) is 1.76. The Balaban J connectivity index is 1.29. The standard InChI is InChI=1S/C27H27F4N7O/c28-26(29)10-17(11-26)36-24(39)25(12-27(30,31)13-25)16-3-1-2-15(8-16)21-9-19(22-23(32)33-14-35-38(21)22)20-6-7-34-37(20)18-4-5-18/h1-3,6-9,14,17-18,24,36,39H,4-5,10-13H2,(H2,32,33,35). The van der Waals surface area contributed by atoms with Gasteiger partial charge in [0.2, 0.25) is 5.92 Å². The first-order chi connectivity index (χ1) is 18.6. The Morgan fingerprint density at radius 3 is 2.46 bits per heavy atom. The predicted octanol–water partition coefficient (Wildman–Crippen LogP) is 4.55. The molecule has 7 rings (SSSR count). The lowest BCUT2D eigenvalue weighted by Crippen LogP contribution is -2.64. The quantitative estimate of drug-likeness (QED) is 0.234. The molecule has 8 nitrogen and oxygen atoms in total. The predicted molar refractivity (Wildman–Crippen MR) is 135 cm³/mol. The maximum Gasteiger partial charge on any atom is 0.251 e. The summed E-state index contributed by atoms with van der Waals surface area (Å²) in [5, 5.41) is 22.8. The van der Waals surface area contributed by atoms with Crippen LogP contribution in [0.1, 0.15) is 50.1 Å². The second-order valence-corrected chi connectivity index (χ2v) is 11.2. The van der Waals surface area contributed by atoms with Gasteiger partial charge in [-0.15, -0.1) is 0 Å². The molecule has 39 heavy (non-hydrogen) atoms. The molecule has 1 unspecified atom stereocenters. The highest BCUT2D eigenvalue weighted by Crippen LogP contribution is 2.56. The van der Waals surface area contributed by atoms with Gasteiger partial charge in [0.05, 0.1) is 17.4 Å². The molecule has 3 aromatic heterocycles. The largest absolute Gasteiger partial charge is 0.382 e. The molecular formula is C27H27F4N7O. The van der Waals surface area contributed by atoms with Crippen LogP contribution in [-0.4, -0.2) is 53.6 Å². The lowest BCUT2D eigenvalue weighted by molar-refractivity contribution is -0.177. The Morgan fingerprint density at radius 2 is 1.77 bits per heavy atom. The van der Waals surface area contributed by atoms with Crippen molar-refractivity contribution in [3.05, 3.63) is 54.5 Å². The van der Waals surface area contributed by atoms with Crippen LogP contribution in [-0.2, 0) is 5.41 Å². The Bertz CT molecular complexity index is 1560. The molecule has 0 bridgehead atoms. The van der Waals surface area contributed by atoms with Crippen molar-refractivity contribution in [2.24, 2.45) is 0 Å². The minimum atomic E-state index is -2.96. The van der Waals surface area contributed by atoms with Crippen LogP contribution in [0.2, 0.25) is 0 Å². The molecule has 0 amide bonds. The van der Waals surface area contributed by atoms with Gasteiger partial charge in [-0.2, -0.15) is 10.2 Å². The van der Waals surface area contributed by atoms with Crippen LogP contribution in [0.3, 0.4) is 0 Å². The first-order valence-corrected chi connectivity index (χ1v) is 13.0. The number of benzene rings is 1. The molecule has 3 fully saturated rings. The van der Waals surface area contributed by atoms with Gasteiger partial charge in [0.1, 0.15) is 18.1 Å². The fourth-order valence-corrected chi connectivity index (χ4v) is 6.18.